The van der Waals surface area contributed by atoms with Crippen molar-refractivity contribution in [1.29, 1.82) is 0 Å². The Morgan fingerprint density at radius 2 is 1.90 bits per heavy atom. The maximum atomic E-state index is 12.2. The molecule has 0 radical (unpaired) electrons. The monoisotopic (exact) mass is 419 g/mol. The molecule has 0 spiro atoms. The SMILES string of the molecule is CC(NC(=O)c1ccccc1I)c1ccc(Cl)cc1Cl. The first-order valence-corrected chi connectivity index (χ1v) is 7.83. The minimum atomic E-state index is -0.191. The molecule has 0 fully saturated rings. The second-order valence-corrected chi connectivity index (χ2v) is 6.35. The minimum absolute atomic E-state index is 0.117. The molecule has 2 aromatic carbocycles. The molecule has 0 saturated carbocycles. The van der Waals surface area contributed by atoms with Gasteiger partial charge in [-0.25, -0.2) is 0 Å². The summed E-state index contributed by atoms with van der Waals surface area (Å²) >= 11 is 14.2. The molecule has 1 unspecified atom stereocenters. The Hall–Kier alpha value is -0.780. The number of nitrogens with one attached hydrogen (secondary N) is 1. The van der Waals surface area contributed by atoms with Gasteiger partial charge in [-0.3, -0.25) is 4.79 Å². The molecule has 0 saturated heterocycles. The van der Waals surface area contributed by atoms with E-state index in [1.54, 1.807) is 18.2 Å². The van der Waals surface area contributed by atoms with E-state index in [4.69, 9.17) is 23.2 Å². The molecule has 20 heavy (non-hydrogen) atoms. The number of benzene rings is 2. The van der Waals surface area contributed by atoms with Crippen LogP contribution in [0.4, 0.5) is 0 Å². The molecule has 0 aliphatic rings. The van der Waals surface area contributed by atoms with Crippen molar-refractivity contribution in [2.24, 2.45) is 0 Å². The standard InChI is InChI=1S/C15H12Cl2INO/c1-9(11-7-6-10(16)8-13(11)17)19-15(20)12-4-2-3-5-14(12)18/h2-9H,1H3,(H,19,20). The number of rotatable bonds is 3. The van der Waals surface area contributed by atoms with Gasteiger partial charge in [-0.1, -0.05) is 41.4 Å². The largest absolute Gasteiger partial charge is 0.345 e. The molecule has 1 N–H and O–H groups in total. The van der Waals surface area contributed by atoms with Crippen LogP contribution in [0.25, 0.3) is 0 Å². The Morgan fingerprint density at radius 1 is 1.20 bits per heavy atom. The number of hydrogen-bond donors (Lipinski definition) is 1. The summed E-state index contributed by atoms with van der Waals surface area (Å²) in [6.45, 7) is 1.89. The van der Waals surface area contributed by atoms with Gasteiger partial charge in [0.1, 0.15) is 0 Å². The summed E-state index contributed by atoms with van der Waals surface area (Å²) in [6.07, 6.45) is 0. The molecule has 2 nitrogen and oxygen atoms in total. The van der Waals surface area contributed by atoms with Crippen molar-refractivity contribution in [2.75, 3.05) is 0 Å². The fourth-order valence-corrected chi connectivity index (χ4v) is 3.05. The van der Waals surface area contributed by atoms with Crippen LogP contribution in [0.1, 0.15) is 28.9 Å². The van der Waals surface area contributed by atoms with Crippen molar-refractivity contribution in [3.8, 4) is 0 Å². The second kappa shape index (κ2) is 6.78. The average molecular weight is 420 g/mol. The molecular weight excluding hydrogens is 408 g/mol. The van der Waals surface area contributed by atoms with Crippen molar-refractivity contribution in [3.05, 3.63) is 67.2 Å². The highest BCUT2D eigenvalue weighted by atomic mass is 127. The lowest BCUT2D eigenvalue weighted by molar-refractivity contribution is 0.0939. The molecule has 1 amide bonds. The Morgan fingerprint density at radius 3 is 2.55 bits per heavy atom. The highest BCUT2D eigenvalue weighted by molar-refractivity contribution is 14.1. The molecular formula is C15H12Cl2INO. The van der Waals surface area contributed by atoms with Crippen LogP contribution in [0.5, 0.6) is 0 Å². The average Bonchev–Trinajstić information content (AvgIpc) is 2.38. The molecule has 2 aromatic rings. The molecule has 2 rings (SSSR count). The predicted molar refractivity (Wildman–Crippen MR) is 91.5 cm³/mol. The van der Waals surface area contributed by atoms with Gasteiger partial charge in [0, 0.05) is 13.6 Å². The van der Waals surface area contributed by atoms with E-state index in [0.29, 0.717) is 15.6 Å². The van der Waals surface area contributed by atoms with Crippen LogP contribution in [0.2, 0.25) is 10.0 Å². The van der Waals surface area contributed by atoms with Crippen molar-refractivity contribution in [1.82, 2.24) is 5.32 Å². The predicted octanol–water partition coefficient (Wildman–Crippen LogP) is 5.09. The molecule has 0 heterocycles. The number of hydrogen-bond acceptors (Lipinski definition) is 1. The van der Waals surface area contributed by atoms with E-state index in [1.807, 2.05) is 31.2 Å². The van der Waals surface area contributed by atoms with E-state index in [1.165, 1.54) is 0 Å². The lowest BCUT2D eigenvalue weighted by Crippen LogP contribution is -2.27. The minimum Gasteiger partial charge on any atom is -0.345 e. The van der Waals surface area contributed by atoms with Crippen molar-refractivity contribution >= 4 is 51.7 Å². The summed E-state index contributed by atoms with van der Waals surface area (Å²) in [6, 6.07) is 12.5. The molecule has 0 aliphatic carbocycles. The normalized spacial score (nSPS) is 12.0. The van der Waals surface area contributed by atoms with Gasteiger partial charge in [-0.2, -0.15) is 0 Å². The van der Waals surface area contributed by atoms with Crippen LogP contribution in [0, 0.1) is 3.57 Å². The number of carbonyl (C=O) groups excluding carboxylic acids is 1. The fraction of sp³-hybridized carbons (Fsp3) is 0.133. The first-order valence-electron chi connectivity index (χ1n) is 5.99. The smallest absolute Gasteiger partial charge is 0.252 e. The first kappa shape index (κ1) is 15.6. The van der Waals surface area contributed by atoms with E-state index >= 15 is 0 Å². The van der Waals surface area contributed by atoms with Crippen LogP contribution in [0.3, 0.4) is 0 Å². The third-order valence-corrected chi connectivity index (χ3v) is 4.40. The van der Waals surface area contributed by atoms with E-state index in [0.717, 1.165) is 9.13 Å². The zero-order chi connectivity index (χ0) is 14.7. The fourth-order valence-electron chi connectivity index (χ4n) is 1.85. The summed E-state index contributed by atoms with van der Waals surface area (Å²) < 4.78 is 0.914. The second-order valence-electron chi connectivity index (χ2n) is 4.34. The Labute approximate surface area is 141 Å². The van der Waals surface area contributed by atoms with Crippen molar-refractivity contribution in [2.45, 2.75) is 13.0 Å². The van der Waals surface area contributed by atoms with Gasteiger partial charge in [0.05, 0.1) is 11.6 Å². The summed E-state index contributed by atoms with van der Waals surface area (Å²) in [5.74, 6) is -0.117. The molecule has 5 heteroatoms. The summed E-state index contributed by atoms with van der Waals surface area (Å²) in [5, 5.41) is 4.07. The maximum Gasteiger partial charge on any atom is 0.252 e. The summed E-state index contributed by atoms with van der Waals surface area (Å²) in [7, 11) is 0. The van der Waals surface area contributed by atoms with Gasteiger partial charge in [0.2, 0.25) is 0 Å². The lowest BCUT2D eigenvalue weighted by atomic mass is 10.1. The molecule has 1 atom stereocenters. The third-order valence-electron chi connectivity index (χ3n) is 2.90. The Bertz CT molecular complexity index is 646. The van der Waals surface area contributed by atoms with Gasteiger partial charge in [0.25, 0.3) is 5.91 Å². The maximum absolute atomic E-state index is 12.2. The van der Waals surface area contributed by atoms with Crippen LogP contribution in [0.15, 0.2) is 42.5 Å². The van der Waals surface area contributed by atoms with Gasteiger partial charge < -0.3 is 5.32 Å². The van der Waals surface area contributed by atoms with Gasteiger partial charge in [0.15, 0.2) is 0 Å². The summed E-state index contributed by atoms with van der Waals surface area (Å²) in [4.78, 5) is 12.2. The quantitative estimate of drug-likeness (QED) is 0.689. The molecule has 0 aromatic heterocycles. The zero-order valence-corrected chi connectivity index (χ0v) is 14.3. The molecule has 104 valence electrons. The van der Waals surface area contributed by atoms with E-state index in [2.05, 4.69) is 27.9 Å². The van der Waals surface area contributed by atoms with Crippen molar-refractivity contribution in [3.63, 3.8) is 0 Å². The van der Waals surface area contributed by atoms with Crippen LogP contribution < -0.4 is 5.32 Å². The number of carbonyl (C=O) groups is 1. The number of halogens is 3. The van der Waals surface area contributed by atoms with E-state index < -0.39 is 0 Å². The third kappa shape index (κ3) is 3.65. The van der Waals surface area contributed by atoms with Gasteiger partial charge in [-0.15, -0.1) is 0 Å². The Balaban J connectivity index is 2.17. The topological polar surface area (TPSA) is 29.1 Å². The van der Waals surface area contributed by atoms with Crippen LogP contribution in [-0.4, -0.2) is 5.91 Å². The lowest BCUT2D eigenvalue weighted by Gasteiger charge is -2.16. The highest BCUT2D eigenvalue weighted by Gasteiger charge is 2.15. The first-order chi connectivity index (χ1) is 9.49. The zero-order valence-electron chi connectivity index (χ0n) is 10.7. The van der Waals surface area contributed by atoms with Crippen molar-refractivity contribution < 1.29 is 4.79 Å². The van der Waals surface area contributed by atoms with Crippen LogP contribution >= 0.6 is 45.8 Å². The molecule has 0 bridgehead atoms. The van der Waals surface area contributed by atoms with Crippen LogP contribution in [-0.2, 0) is 0 Å². The van der Waals surface area contributed by atoms with Gasteiger partial charge in [-0.05, 0) is 59.3 Å². The molecule has 0 aliphatic heterocycles. The number of amides is 1. The highest BCUT2D eigenvalue weighted by Crippen LogP contribution is 2.26. The van der Waals surface area contributed by atoms with E-state index in [-0.39, 0.29) is 11.9 Å². The summed E-state index contributed by atoms with van der Waals surface area (Å²) in [5.41, 5.74) is 1.50. The Kier molecular flexibility index (Phi) is 5.29. The van der Waals surface area contributed by atoms with Gasteiger partial charge >= 0.3 is 0 Å². The van der Waals surface area contributed by atoms with E-state index in [9.17, 15) is 4.79 Å².